The molecule has 1 aliphatic heterocycles. The normalized spacial score (nSPS) is 25.5. The van der Waals surface area contributed by atoms with Gasteiger partial charge in [-0.15, -0.1) is 0 Å². The van der Waals surface area contributed by atoms with Crippen molar-refractivity contribution in [2.24, 2.45) is 5.92 Å². The molecule has 98 valence electrons. The number of carboxylic acids is 1. The second-order valence-electron chi connectivity index (χ2n) is 4.68. The molecule has 1 amide bonds. The predicted octanol–water partition coefficient (Wildman–Crippen LogP) is 0.744. The summed E-state index contributed by atoms with van der Waals surface area (Å²) < 4.78 is 0. The third-order valence-electron chi connectivity index (χ3n) is 3.32. The van der Waals surface area contributed by atoms with Crippen LogP contribution in [0.15, 0.2) is 0 Å². The molecule has 0 radical (unpaired) electrons. The Morgan fingerprint density at radius 3 is 2.71 bits per heavy atom. The van der Waals surface area contributed by atoms with E-state index in [2.05, 4.69) is 10.6 Å². The first-order chi connectivity index (χ1) is 8.06. The standard InChI is InChI=1S/C12H22N2O3/c1-3-4-5-10(12(16)17)14-11(15)9-6-7-13-8(9)2/h8-10,13H,3-7H2,1-2H3,(H,14,15)(H,16,17)/t8?,9?,10-/m0/s1. The van der Waals surface area contributed by atoms with Crippen molar-refractivity contribution in [2.75, 3.05) is 6.54 Å². The predicted molar refractivity (Wildman–Crippen MR) is 64.7 cm³/mol. The third kappa shape index (κ3) is 4.00. The SMILES string of the molecule is CCCC[C@H](NC(=O)C1CCNC1C)C(=O)O. The van der Waals surface area contributed by atoms with Crippen molar-refractivity contribution in [2.45, 2.75) is 51.6 Å². The van der Waals surface area contributed by atoms with E-state index in [1.54, 1.807) is 0 Å². The van der Waals surface area contributed by atoms with Gasteiger partial charge in [0.25, 0.3) is 0 Å². The number of carboxylic acid groups (broad SMARTS) is 1. The number of hydrogen-bond acceptors (Lipinski definition) is 3. The van der Waals surface area contributed by atoms with Crippen molar-refractivity contribution < 1.29 is 14.7 Å². The molecule has 1 saturated heterocycles. The molecule has 17 heavy (non-hydrogen) atoms. The molecule has 1 heterocycles. The van der Waals surface area contributed by atoms with Crippen LogP contribution >= 0.6 is 0 Å². The van der Waals surface area contributed by atoms with Gasteiger partial charge in [0, 0.05) is 6.04 Å². The van der Waals surface area contributed by atoms with E-state index in [0.29, 0.717) is 6.42 Å². The molecular formula is C12H22N2O3. The van der Waals surface area contributed by atoms with Crippen molar-refractivity contribution in [1.82, 2.24) is 10.6 Å². The lowest BCUT2D eigenvalue weighted by molar-refractivity contribution is -0.142. The highest BCUT2D eigenvalue weighted by atomic mass is 16.4. The molecule has 0 spiro atoms. The molecule has 2 unspecified atom stereocenters. The maximum absolute atomic E-state index is 11.9. The number of nitrogens with one attached hydrogen (secondary N) is 2. The molecular weight excluding hydrogens is 220 g/mol. The molecule has 3 N–H and O–H groups in total. The lowest BCUT2D eigenvalue weighted by Crippen LogP contribution is -2.45. The number of carbonyl (C=O) groups is 2. The Morgan fingerprint density at radius 2 is 2.24 bits per heavy atom. The smallest absolute Gasteiger partial charge is 0.326 e. The van der Waals surface area contributed by atoms with Crippen molar-refractivity contribution in [3.63, 3.8) is 0 Å². The zero-order valence-corrected chi connectivity index (χ0v) is 10.5. The topological polar surface area (TPSA) is 78.4 Å². The van der Waals surface area contributed by atoms with Gasteiger partial charge in [0.2, 0.25) is 5.91 Å². The van der Waals surface area contributed by atoms with Gasteiger partial charge in [-0.05, 0) is 26.3 Å². The first-order valence-electron chi connectivity index (χ1n) is 6.32. The molecule has 0 saturated carbocycles. The van der Waals surface area contributed by atoms with Gasteiger partial charge in [0.1, 0.15) is 6.04 Å². The fourth-order valence-corrected chi connectivity index (χ4v) is 2.16. The van der Waals surface area contributed by atoms with Crippen molar-refractivity contribution in [1.29, 1.82) is 0 Å². The fraction of sp³-hybridized carbons (Fsp3) is 0.833. The fourth-order valence-electron chi connectivity index (χ4n) is 2.16. The first kappa shape index (κ1) is 14.0. The summed E-state index contributed by atoms with van der Waals surface area (Å²) in [6, 6.07) is -0.606. The van der Waals surface area contributed by atoms with Gasteiger partial charge < -0.3 is 15.7 Å². The van der Waals surface area contributed by atoms with Crippen molar-refractivity contribution in [3.8, 4) is 0 Å². The van der Waals surface area contributed by atoms with E-state index in [1.165, 1.54) is 0 Å². The summed E-state index contributed by atoms with van der Waals surface area (Å²) in [7, 11) is 0. The molecule has 5 heteroatoms. The van der Waals surface area contributed by atoms with Crippen molar-refractivity contribution >= 4 is 11.9 Å². The zero-order valence-electron chi connectivity index (χ0n) is 10.5. The number of aliphatic carboxylic acids is 1. The second-order valence-corrected chi connectivity index (χ2v) is 4.68. The van der Waals surface area contributed by atoms with Gasteiger partial charge in [-0.3, -0.25) is 4.79 Å². The van der Waals surface area contributed by atoms with Crippen LogP contribution in [0.3, 0.4) is 0 Å². The Labute approximate surface area is 102 Å². The van der Waals surface area contributed by atoms with Crippen LogP contribution in [-0.2, 0) is 9.59 Å². The summed E-state index contributed by atoms with van der Waals surface area (Å²) in [5, 5.41) is 14.9. The van der Waals surface area contributed by atoms with Crippen LogP contribution in [0, 0.1) is 5.92 Å². The summed E-state index contributed by atoms with van der Waals surface area (Å²) >= 11 is 0. The molecule has 0 aromatic heterocycles. The first-order valence-corrected chi connectivity index (χ1v) is 6.32. The van der Waals surface area contributed by atoms with E-state index in [9.17, 15) is 9.59 Å². The monoisotopic (exact) mass is 242 g/mol. The number of hydrogen-bond donors (Lipinski definition) is 3. The summed E-state index contributed by atoms with van der Waals surface area (Å²) in [6.45, 7) is 4.79. The van der Waals surface area contributed by atoms with Gasteiger partial charge in [0.05, 0.1) is 5.92 Å². The average Bonchev–Trinajstić information content (AvgIpc) is 2.70. The average molecular weight is 242 g/mol. The minimum absolute atomic E-state index is 0.0986. The Morgan fingerprint density at radius 1 is 1.53 bits per heavy atom. The van der Waals surface area contributed by atoms with Gasteiger partial charge in [-0.1, -0.05) is 19.8 Å². The minimum atomic E-state index is -0.939. The van der Waals surface area contributed by atoms with Gasteiger partial charge in [0.15, 0.2) is 0 Å². The molecule has 1 aliphatic rings. The number of carbonyl (C=O) groups excluding carboxylic acids is 1. The lowest BCUT2D eigenvalue weighted by atomic mass is 10.00. The molecule has 5 nitrogen and oxygen atoms in total. The maximum Gasteiger partial charge on any atom is 0.326 e. The molecule has 1 rings (SSSR count). The Kier molecular flexibility index (Phi) is 5.41. The van der Waals surface area contributed by atoms with Crippen molar-refractivity contribution in [3.05, 3.63) is 0 Å². The van der Waals surface area contributed by atoms with E-state index in [0.717, 1.165) is 25.8 Å². The van der Waals surface area contributed by atoms with Crippen LogP contribution < -0.4 is 10.6 Å². The van der Waals surface area contributed by atoms with Gasteiger partial charge in [-0.2, -0.15) is 0 Å². The summed E-state index contributed by atoms with van der Waals surface area (Å²) in [6.07, 6.45) is 3.04. The maximum atomic E-state index is 11.9. The quantitative estimate of drug-likeness (QED) is 0.642. The van der Waals surface area contributed by atoms with Crippen LogP contribution in [-0.4, -0.2) is 35.6 Å². The van der Waals surface area contributed by atoms with E-state index in [-0.39, 0.29) is 17.9 Å². The molecule has 0 bridgehead atoms. The molecule has 3 atom stereocenters. The molecule has 0 aromatic carbocycles. The van der Waals surface area contributed by atoms with Crippen LogP contribution in [0.5, 0.6) is 0 Å². The molecule has 0 aliphatic carbocycles. The lowest BCUT2D eigenvalue weighted by Gasteiger charge is -2.19. The van der Waals surface area contributed by atoms with E-state index < -0.39 is 12.0 Å². The largest absolute Gasteiger partial charge is 0.480 e. The van der Waals surface area contributed by atoms with E-state index in [4.69, 9.17) is 5.11 Å². The highest BCUT2D eigenvalue weighted by Gasteiger charge is 2.31. The van der Waals surface area contributed by atoms with Crippen LogP contribution in [0.25, 0.3) is 0 Å². The Hall–Kier alpha value is -1.10. The van der Waals surface area contributed by atoms with Crippen LogP contribution in [0.1, 0.15) is 39.5 Å². The zero-order chi connectivity index (χ0) is 12.8. The van der Waals surface area contributed by atoms with Crippen LogP contribution in [0.2, 0.25) is 0 Å². The number of unbranched alkanes of at least 4 members (excludes halogenated alkanes) is 1. The molecule has 0 aromatic rings. The highest BCUT2D eigenvalue weighted by Crippen LogP contribution is 2.15. The Bertz CT molecular complexity index is 281. The summed E-state index contributed by atoms with van der Waals surface area (Å²) in [4.78, 5) is 22.9. The van der Waals surface area contributed by atoms with Gasteiger partial charge >= 0.3 is 5.97 Å². The van der Waals surface area contributed by atoms with E-state index in [1.807, 2.05) is 13.8 Å². The Balaban J connectivity index is 2.48. The highest BCUT2D eigenvalue weighted by molar-refractivity contribution is 5.85. The minimum Gasteiger partial charge on any atom is -0.480 e. The second kappa shape index (κ2) is 6.59. The van der Waals surface area contributed by atoms with Crippen LogP contribution in [0.4, 0.5) is 0 Å². The summed E-state index contributed by atoms with van der Waals surface area (Å²) in [5.74, 6) is -1.17. The van der Waals surface area contributed by atoms with E-state index >= 15 is 0 Å². The number of amides is 1. The number of rotatable bonds is 6. The molecule has 1 fully saturated rings. The summed E-state index contributed by atoms with van der Waals surface area (Å²) in [5.41, 5.74) is 0. The third-order valence-corrected chi connectivity index (χ3v) is 3.32. The van der Waals surface area contributed by atoms with Gasteiger partial charge in [-0.25, -0.2) is 4.79 Å².